The van der Waals surface area contributed by atoms with E-state index in [1.807, 2.05) is 31.3 Å². The minimum Gasteiger partial charge on any atom is -0.333 e. The van der Waals surface area contributed by atoms with Gasteiger partial charge in [-0.1, -0.05) is 30.3 Å². The van der Waals surface area contributed by atoms with Gasteiger partial charge in [0.25, 0.3) is 5.91 Å². The molecule has 1 aromatic heterocycles. The van der Waals surface area contributed by atoms with Crippen LogP contribution in [0, 0.1) is 20.8 Å². The number of nitrogens with one attached hydrogen (secondary N) is 1. The van der Waals surface area contributed by atoms with E-state index in [-0.39, 0.29) is 5.91 Å². The molecule has 1 aliphatic heterocycles. The van der Waals surface area contributed by atoms with Crippen LogP contribution in [0.4, 0.5) is 5.69 Å². The van der Waals surface area contributed by atoms with Crippen LogP contribution in [0.2, 0.25) is 0 Å². The monoisotopic (exact) mass is 359 g/mol. The highest BCUT2D eigenvalue weighted by Gasteiger charge is 2.24. The Bertz CT molecular complexity index is 1000. The quantitative estimate of drug-likeness (QED) is 0.731. The first-order chi connectivity index (χ1) is 13.0. The maximum absolute atomic E-state index is 12.6. The molecular formula is C23H25N3O. The fourth-order valence-corrected chi connectivity index (χ4v) is 3.87. The third-order valence-corrected chi connectivity index (χ3v) is 5.62. The van der Waals surface area contributed by atoms with Gasteiger partial charge in [0, 0.05) is 30.8 Å². The highest BCUT2D eigenvalue weighted by atomic mass is 16.1. The van der Waals surface area contributed by atoms with E-state index in [1.165, 1.54) is 16.7 Å². The Hall–Kier alpha value is -2.88. The van der Waals surface area contributed by atoms with Gasteiger partial charge in [-0.3, -0.25) is 4.79 Å². The molecule has 0 spiro atoms. The summed E-state index contributed by atoms with van der Waals surface area (Å²) in [6.07, 6.45) is 3.87. The average Bonchev–Trinajstić information content (AvgIpc) is 3.08. The number of anilines is 1. The molecule has 1 atom stereocenters. The SMILES string of the molecule is Cc1ccc(NC(=O)c2cn3c(n2)CC[C@@H](c2ccccc2C)C3)cc1C. The highest BCUT2D eigenvalue weighted by molar-refractivity contribution is 6.02. The summed E-state index contributed by atoms with van der Waals surface area (Å²) in [5.74, 6) is 1.33. The van der Waals surface area contributed by atoms with Crippen LogP contribution < -0.4 is 5.32 Å². The normalized spacial score (nSPS) is 16.0. The van der Waals surface area contributed by atoms with Crippen LogP contribution in [0.1, 0.15) is 50.9 Å². The molecule has 0 aliphatic carbocycles. The number of fused-ring (bicyclic) bond motifs is 1. The first-order valence-corrected chi connectivity index (χ1v) is 9.51. The molecule has 1 N–H and O–H groups in total. The molecular weight excluding hydrogens is 334 g/mol. The van der Waals surface area contributed by atoms with Crippen LogP contribution in [0.15, 0.2) is 48.7 Å². The Morgan fingerprint density at radius 2 is 1.89 bits per heavy atom. The molecule has 4 rings (SSSR count). The van der Waals surface area contributed by atoms with Crippen molar-refractivity contribution in [3.05, 3.63) is 82.4 Å². The van der Waals surface area contributed by atoms with E-state index in [4.69, 9.17) is 0 Å². The van der Waals surface area contributed by atoms with E-state index >= 15 is 0 Å². The number of nitrogens with zero attached hydrogens (tertiary/aromatic N) is 2. The van der Waals surface area contributed by atoms with Crippen molar-refractivity contribution in [3.8, 4) is 0 Å². The first kappa shape index (κ1) is 17.5. The predicted octanol–water partition coefficient (Wildman–Crippen LogP) is 4.79. The van der Waals surface area contributed by atoms with Gasteiger partial charge in [-0.05, 0) is 61.6 Å². The summed E-state index contributed by atoms with van der Waals surface area (Å²) >= 11 is 0. The molecule has 0 radical (unpaired) electrons. The summed E-state index contributed by atoms with van der Waals surface area (Å²) in [6, 6.07) is 14.5. The molecule has 2 aromatic carbocycles. The molecule has 4 nitrogen and oxygen atoms in total. The number of hydrogen-bond acceptors (Lipinski definition) is 2. The molecule has 2 heterocycles. The molecule has 138 valence electrons. The van der Waals surface area contributed by atoms with E-state index in [2.05, 4.69) is 53.0 Å². The van der Waals surface area contributed by atoms with Gasteiger partial charge in [-0.15, -0.1) is 0 Å². The van der Waals surface area contributed by atoms with Crippen LogP contribution in [0.25, 0.3) is 0 Å². The van der Waals surface area contributed by atoms with Gasteiger partial charge in [-0.2, -0.15) is 0 Å². The first-order valence-electron chi connectivity index (χ1n) is 9.51. The number of amides is 1. The van der Waals surface area contributed by atoms with Crippen molar-refractivity contribution in [2.24, 2.45) is 0 Å². The average molecular weight is 359 g/mol. The summed E-state index contributed by atoms with van der Waals surface area (Å²) in [6.45, 7) is 7.16. The fourth-order valence-electron chi connectivity index (χ4n) is 3.87. The number of aryl methyl sites for hydroxylation is 4. The molecule has 27 heavy (non-hydrogen) atoms. The minimum atomic E-state index is -0.146. The van der Waals surface area contributed by atoms with Gasteiger partial charge in [0.05, 0.1) is 0 Å². The standard InChI is InChI=1S/C23H25N3O/c1-15-8-10-19(12-17(15)3)24-23(27)21-14-26-13-18(9-11-22(26)25-21)20-7-5-4-6-16(20)2/h4-8,10,12,14,18H,9,11,13H2,1-3H3,(H,24,27)/t18-/m1/s1. The van der Waals surface area contributed by atoms with Gasteiger partial charge < -0.3 is 9.88 Å². The third-order valence-electron chi connectivity index (χ3n) is 5.62. The van der Waals surface area contributed by atoms with Crippen molar-refractivity contribution in [3.63, 3.8) is 0 Å². The number of carbonyl (C=O) groups is 1. The zero-order chi connectivity index (χ0) is 19.0. The zero-order valence-electron chi connectivity index (χ0n) is 16.1. The molecule has 0 bridgehead atoms. The van der Waals surface area contributed by atoms with Crippen molar-refractivity contribution in [1.82, 2.24) is 9.55 Å². The Morgan fingerprint density at radius 3 is 2.67 bits per heavy atom. The van der Waals surface area contributed by atoms with E-state index in [1.54, 1.807) is 0 Å². The molecule has 4 heteroatoms. The van der Waals surface area contributed by atoms with E-state index in [9.17, 15) is 4.79 Å². The lowest BCUT2D eigenvalue weighted by atomic mass is 9.89. The maximum atomic E-state index is 12.6. The highest BCUT2D eigenvalue weighted by Crippen LogP contribution is 2.30. The van der Waals surface area contributed by atoms with Gasteiger partial charge >= 0.3 is 0 Å². The number of carbonyl (C=O) groups excluding carboxylic acids is 1. The second-order valence-electron chi connectivity index (χ2n) is 7.54. The summed E-state index contributed by atoms with van der Waals surface area (Å²) < 4.78 is 2.15. The smallest absolute Gasteiger partial charge is 0.275 e. The van der Waals surface area contributed by atoms with Gasteiger partial charge in [0.15, 0.2) is 0 Å². The lowest BCUT2D eigenvalue weighted by molar-refractivity contribution is 0.102. The summed E-state index contributed by atoms with van der Waals surface area (Å²) in [4.78, 5) is 17.2. The van der Waals surface area contributed by atoms with Crippen LogP contribution in [0.3, 0.4) is 0 Å². The number of benzene rings is 2. The summed E-state index contributed by atoms with van der Waals surface area (Å²) in [5.41, 5.74) is 6.42. The second kappa shape index (κ2) is 7.03. The predicted molar refractivity (Wildman–Crippen MR) is 108 cm³/mol. The minimum absolute atomic E-state index is 0.146. The molecule has 1 amide bonds. The van der Waals surface area contributed by atoms with Crippen molar-refractivity contribution in [1.29, 1.82) is 0 Å². The largest absolute Gasteiger partial charge is 0.333 e. The molecule has 0 saturated carbocycles. The number of aromatic nitrogens is 2. The zero-order valence-corrected chi connectivity index (χ0v) is 16.1. The van der Waals surface area contributed by atoms with Gasteiger partial charge in [0.1, 0.15) is 11.5 Å². The van der Waals surface area contributed by atoms with Crippen molar-refractivity contribution < 1.29 is 4.79 Å². The Balaban J connectivity index is 1.52. The van der Waals surface area contributed by atoms with Crippen molar-refractivity contribution in [2.45, 2.75) is 46.1 Å². The van der Waals surface area contributed by atoms with E-state index in [0.717, 1.165) is 36.5 Å². The number of imidazole rings is 1. The Labute approximate surface area is 160 Å². The Morgan fingerprint density at radius 1 is 1.07 bits per heavy atom. The van der Waals surface area contributed by atoms with Crippen molar-refractivity contribution >= 4 is 11.6 Å². The lowest BCUT2D eigenvalue weighted by Gasteiger charge is -2.25. The molecule has 0 fully saturated rings. The Kier molecular flexibility index (Phi) is 4.56. The van der Waals surface area contributed by atoms with E-state index < -0.39 is 0 Å². The third kappa shape index (κ3) is 3.52. The van der Waals surface area contributed by atoms with Gasteiger partial charge in [0.2, 0.25) is 0 Å². The molecule has 0 unspecified atom stereocenters. The van der Waals surface area contributed by atoms with Crippen LogP contribution in [-0.4, -0.2) is 15.5 Å². The topological polar surface area (TPSA) is 46.9 Å². The fraction of sp³-hybridized carbons (Fsp3) is 0.304. The van der Waals surface area contributed by atoms with E-state index in [0.29, 0.717) is 11.6 Å². The van der Waals surface area contributed by atoms with Crippen LogP contribution in [0.5, 0.6) is 0 Å². The summed E-state index contributed by atoms with van der Waals surface area (Å²) in [7, 11) is 0. The maximum Gasteiger partial charge on any atom is 0.275 e. The van der Waals surface area contributed by atoms with Crippen LogP contribution in [-0.2, 0) is 13.0 Å². The van der Waals surface area contributed by atoms with Gasteiger partial charge in [-0.25, -0.2) is 4.98 Å². The second-order valence-corrected chi connectivity index (χ2v) is 7.54. The number of rotatable bonds is 3. The van der Waals surface area contributed by atoms with Crippen molar-refractivity contribution in [2.75, 3.05) is 5.32 Å². The molecule has 0 saturated heterocycles. The summed E-state index contributed by atoms with van der Waals surface area (Å²) in [5, 5.41) is 2.97. The number of hydrogen-bond donors (Lipinski definition) is 1. The molecule has 1 aliphatic rings. The molecule has 3 aromatic rings. The lowest BCUT2D eigenvalue weighted by Crippen LogP contribution is -2.19. The van der Waals surface area contributed by atoms with Crippen LogP contribution >= 0.6 is 0 Å².